The summed E-state index contributed by atoms with van der Waals surface area (Å²) in [7, 11) is 0. The van der Waals surface area contributed by atoms with E-state index in [1.54, 1.807) is 23.3 Å². The normalized spacial score (nSPS) is 17.0. The molecule has 1 aliphatic rings. The van der Waals surface area contributed by atoms with Crippen LogP contribution in [0.2, 0.25) is 0 Å². The molecule has 7 heteroatoms. The van der Waals surface area contributed by atoms with E-state index in [1.165, 1.54) is 0 Å². The second-order valence-corrected chi connectivity index (χ2v) is 6.31. The number of aryl methyl sites for hydroxylation is 2. The molecule has 1 fully saturated rings. The van der Waals surface area contributed by atoms with Gasteiger partial charge in [0.05, 0.1) is 6.33 Å². The first-order chi connectivity index (χ1) is 11.5. The predicted octanol–water partition coefficient (Wildman–Crippen LogP) is 2.01. The highest BCUT2D eigenvalue weighted by atomic mass is 16.4. The SMILES string of the molecule is CCCc1cc(N2CCC(C(=O)O)(n3ccnc3)CC2)nc(C)n1. The van der Waals surface area contributed by atoms with Crippen molar-refractivity contribution >= 4 is 11.8 Å². The molecule has 0 saturated carbocycles. The number of imidazole rings is 1. The zero-order valence-electron chi connectivity index (χ0n) is 14.1. The van der Waals surface area contributed by atoms with Crippen LogP contribution >= 0.6 is 0 Å². The molecule has 0 aromatic carbocycles. The van der Waals surface area contributed by atoms with E-state index in [2.05, 4.69) is 26.8 Å². The molecule has 0 atom stereocenters. The van der Waals surface area contributed by atoms with E-state index in [1.807, 2.05) is 13.0 Å². The Kier molecular flexibility index (Phi) is 4.51. The summed E-state index contributed by atoms with van der Waals surface area (Å²) in [5.41, 5.74) is 0.131. The summed E-state index contributed by atoms with van der Waals surface area (Å²) in [6.07, 6.45) is 7.96. The lowest BCUT2D eigenvalue weighted by Crippen LogP contribution is -2.51. The van der Waals surface area contributed by atoms with Crippen molar-refractivity contribution in [2.24, 2.45) is 0 Å². The summed E-state index contributed by atoms with van der Waals surface area (Å²) in [5, 5.41) is 9.78. The molecular formula is C17H23N5O2. The van der Waals surface area contributed by atoms with E-state index < -0.39 is 11.5 Å². The van der Waals surface area contributed by atoms with Crippen LogP contribution in [0.25, 0.3) is 0 Å². The third-order valence-corrected chi connectivity index (χ3v) is 4.69. The number of hydrogen-bond acceptors (Lipinski definition) is 5. The van der Waals surface area contributed by atoms with Gasteiger partial charge in [-0.25, -0.2) is 19.7 Å². The Balaban J connectivity index is 1.81. The predicted molar refractivity (Wildman–Crippen MR) is 90.0 cm³/mol. The molecule has 2 aromatic rings. The minimum absolute atomic E-state index is 0.519. The molecule has 0 bridgehead atoms. The van der Waals surface area contributed by atoms with E-state index in [9.17, 15) is 9.90 Å². The first-order valence-electron chi connectivity index (χ1n) is 8.36. The Hall–Kier alpha value is -2.44. The van der Waals surface area contributed by atoms with Crippen molar-refractivity contribution in [1.82, 2.24) is 19.5 Å². The second-order valence-electron chi connectivity index (χ2n) is 6.31. The van der Waals surface area contributed by atoms with Gasteiger partial charge in [-0.2, -0.15) is 0 Å². The minimum Gasteiger partial charge on any atom is -0.479 e. The molecule has 1 aliphatic heterocycles. The second kappa shape index (κ2) is 6.59. The number of rotatable bonds is 5. The average molecular weight is 329 g/mol. The lowest BCUT2D eigenvalue weighted by Gasteiger charge is -2.40. The summed E-state index contributed by atoms with van der Waals surface area (Å²) in [6.45, 7) is 5.32. The molecule has 1 N–H and O–H groups in total. The summed E-state index contributed by atoms with van der Waals surface area (Å²) >= 11 is 0. The third-order valence-electron chi connectivity index (χ3n) is 4.69. The number of aliphatic carboxylic acids is 1. The van der Waals surface area contributed by atoms with Crippen molar-refractivity contribution in [2.45, 2.75) is 45.1 Å². The fraction of sp³-hybridized carbons (Fsp3) is 0.529. The molecule has 3 heterocycles. The van der Waals surface area contributed by atoms with Crippen LogP contribution in [0.3, 0.4) is 0 Å². The van der Waals surface area contributed by atoms with Crippen LogP contribution in [0.15, 0.2) is 24.8 Å². The van der Waals surface area contributed by atoms with Crippen molar-refractivity contribution in [2.75, 3.05) is 18.0 Å². The van der Waals surface area contributed by atoms with Crippen molar-refractivity contribution in [3.05, 3.63) is 36.3 Å². The molecular weight excluding hydrogens is 306 g/mol. The molecule has 7 nitrogen and oxygen atoms in total. The van der Waals surface area contributed by atoms with Crippen molar-refractivity contribution in [1.29, 1.82) is 0 Å². The Morgan fingerprint density at radius 3 is 2.67 bits per heavy atom. The number of anilines is 1. The number of nitrogens with zero attached hydrogens (tertiary/aromatic N) is 5. The first kappa shape index (κ1) is 16.4. The van der Waals surface area contributed by atoms with Gasteiger partial charge in [0.1, 0.15) is 17.2 Å². The Bertz CT molecular complexity index is 706. The zero-order chi connectivity index (χ0) is 17.2. The van der Waals surface area contributed by atoms with Gasteiger partial charge in [-0.15, -0.1) is 0 Å². The summed E-state index contributed by atoms with van der Waals surface area (Å²) in [5.74, 6) is 0.863. The van der Waals surface area contributed by atoms with Gasteiger partial charge < -0.3 is 14.6 Å². The standard InChI is InChI=1S/C17H23N5O2/c1-3-4-14-11-15(20-13(2)19-14)21-8-5-17(6-9-21,16(23)24)22-10-7-18-12-22/h7,10-12H,3-6,8-9H2,1-2H3,(H,23,24). The number of carboxylic acid groups (broad SMARTS) is 1. The molecule has 0 spiro atoms. The first-order valence-corrected chi connectivity index (χ1v) is 8.36. The van der Waals surface area contributed by atoms with Crippen LogP contribution in [0.1, 0.15) is 37.7 Å². The smallest absolute Gasteiger partial charge is 0.330 e. The lowest BCUT2D eigenvalue weighted by atomic mass is 9.87. The van der Waals surface area contributed by atoms with Gasteiger partial charge in [-0.05, 0) is 26.2 Å². The highest BCUT2D eigenvalue weighted by molar-refractivity contribution is 5.77. The maximum Gasteiger partial charge on any atom is 0.330 e. The maximum absolute atomic E-state index is 11.9. The van der Waals surface area contributed by atoms with E-state index >= 15 is 0 Å². The third kappa shape index (κ3) is 2.98. The average Bonchev–Trinajstić information content (AvgIpc) is 3.09. The van der Waals surface area contributed by atoms with Crippen LogP contribution in [0.5, 0.6) is 0 Å². The number of aromatic nitrogens is 4. The van der Waals surface area contributed by atoms with Crippen LogP contribution in [-0.2, 0) is 16.8 Å². The number of piperidine rings is 1. The molecule has 0 aliphatic carbocycles. The quantitative estimate of drug-likeness (QED) is 0.903. The highest BCUT2D eigenvalue weighted by Gasteiger charge is 2.43. The maximum atomic E-state index is 11.9. The largest absolute Gasteiger partial charge is 0.479 e. The fourth-order valence-corrected chi connectivity index (χ4v) is 3.36. The van der Waals surface area contributed by atoms with E-state index in [0.29, 0.717) is 25.9 Å². The van der Waals surface area contributed by atoms with Gasteiger partial charge in [0.25, 0.3) is 0 Å². The summed E-state index contributed by atoms with van der Waals surface area (Å²) < 4.78 is 1.72. The zero-order valence-corrected chi connectivity index (χ0v) is 14.1. The van der Waals surface area contributed by atoms with Crippen LogP contribution in [-0.4, -0.2) is 43.7 Å². The molecule has 3 rings (SSSR count). The van der Waals surface area contributed by atoms with Crippen molar-refractivity contribution in [3.63, 3.8) is 0 Å². The fourth-order valence-electron chi connectivity index (χ4n) is 3.36. The van der Waals surface area contributed by atoms with E-state index in [0.717, 1.165) is 30.2 Å². The number of hydrogen-bond donors (Lipinski definition) is 1. The highest BCUT2D eigenvalue weighted by Crippen LogP contribution is 2.32. The molecule has 0 unspecified atom stereocenters. The van der Waals surface area contributed by atoms with Gasteiger partial charge >= 0.3 is 5.97 Å². The van der Waals surface area contributed by atoms with E-state index in [-0.39, 0.29) is 0 Å². The Morgan fingerprint density at radius 1 is 1.33 bits per heavy atom. The van der Waals surface area contributed by atoms with Gasteiger partial charge in [-0.3, -0.25) is 0 Å². The Morgan fingerprint density at radius 2 is 2.08 bits per heavy atom. The minimum atomic E-state index is -0.915. The topological polar surface area (TPSA) is 84.1 Å². The molecule has 1 saturated heterocycles. The Labute approximate surface area is 141 Å². The van der Waals surface area contributed by atoms with Crippen LogP contribution in [0, 0.1) is 6.92 Å². The van der Waals surface area contributed by atoms with Gasteiger partial charge in [0.2, 0.25) is 0 Å². The van der Waals surface area contributed by atoms with Crippen LogP contribution < -0.4 is 4.90 Å². The van der Waals surface area contributed by atoms with Crippen LogP contribution in [0.4, 0.5) is 5.82 Å². The summed E-state index contributed by atoms with van der Waals surface area (Å²) in [4.78, 5) is 27.1. The van der Waals surface area contributed by atoms with Gasteiger partial charge in [-0.1, -0.05) is 13.3 Å². The van der Waals surface area contributed by atoms with Gasteiger partial charge in [0, 0.05) is 37.2 Å². The molecule has 0 amide bonds. The molecule has 24 heavy (non-hydrogen) atoms. The number of carboxylic acids is 1. The lowest BCUT2D eigenvalue weighted by molar-refractivity contribution is -0.148. The van der Waals surface area contributed by atoms with Gasteiger partial charge in [0.15, 0.2) is 0 Å². The molecule has 128 valence electrons. The molecule has 0 radical (unpaired) electrons. The monoisotopic (exact) mass is 329 g/mol. The molecule has 2 aromatic heterocycles. The van der Waals surface area contributed by atoms with Crippen molar-refractivity contribution < 1.29 is 9.90 Å². The summed E-state index contributed by atoms with van der Waals surface area (Å²) in [6, 6.07) is 2.03. The van der Waals surface area contributed by atoms with E-state index in [4.69, 9.17) is 0 Å². The number of carbonyl (C=O) groups is 1. The van der Waals surface area contributed by atoms with Crippen molar-refractivity contribution in [3.8, 4) is 0 Å².